The number of amides is 2. The SMILES string of the molecule is Cc1cc(Cl)cc(C)c1OCC(=O)NNC(=O)C[C@H]1CCS(=O)(=O)C1. The maximum Gasteiger partial charge on any atom is 0.276 e. The number of nitrogens with one attached hydrogen (secondary N) is 2. The number of carbonyl (C=O) groups excluding carboxylic acids is 2. The highest BCUT2D eigenvalue weighted by Crippen LogP contribution is 2.26. The molecule has 0 saturated carbocycles. The average molecular weight is 389 g/mol. The topological polar surface area (TPSA) is 102 Å². The molecule has 0 unspecified atom stereocenters. The van der Waals surface area contributed by atoms with Crippen LogP contribution in [0.2, 0.25) is 5.02 Å². The van der Waals surface area contributed by atoms with Gasteiger partial charge in [0.05, 0.1) is 11.5 Å². The maximum absolute atomic E-state index is 11.8. The number of hydrogen-bond donors (Lipinski definition) is 2. The van der Waals surface area contributed by atoms with Gasteiger partial charge in [-0.3, -0.25) is 20.4 Å². The monoisotopic (exact) mass is 388 g/mol. The molecule has 2 amide bonds. The predicted octanol–water partition coefficient (Wildman–Crippen LogP) is 1.31. The molecule has 0 aromatic heterocycles. The summed E-state index contributed by atoms with van der Waals surface area (Å²) in [5.41, 5.74) is 6.15. The van der Waals surface area contributed by atoms with Crippen LogP contribution in [0.15, 0.2) is 12.1 Å². The van der Waals surface area contributed by atoms with E-state index >= 15 is 0 Å². The number of hydrazine groups is 1. The molecule has 0 radical (unpaired) electrons. The van der Waals surface area contributed by atoms with Gasteiger partial charge in [0.25, 0.3) is 5.91 Å². The predicted molar refractivity (Wildman–Crippen MR) is 94.1 cm³/mol. The van der Waals surface area contributed by atoms with Crippen molar-refractivity contribution in [1.82, 2.24) is 10.9 Å². The van der Waals surface area contributed by atoms with Crippen LogP contribution in [-0.4, -0.2) is 38.3 Å². The summed E-state index contributed by atoms with van der Waals surface area (Å²) in [6.45, 7) is 3.38. The van der Waals surface area contributed by atoms with Crippen molar-refractivity contribution in [2.75, 3.05) is 18.1 Å². The fraction of sp³-hybridized carbons (Fsp3) is 0.500. The number of carbonyl (C=O) groups is 2. The molecule has 0 spiro atoms. The van der Waals surface area contributed by atoms with Crippen LogP contribution in [0.25, 0.3) is 0 Å². The van der Waals surface area contributed by atoms with Crippen LogP contribution in [-0.2, 0) is 19.4 Å². The summed E-state index contributed by atoms with van der Waals surface area (Å²) in [4.78, 5) is 23.5. The van der Waals surface area contributed by atoms with E-state index in [1.165, 1.54) is 0 Å². The summed E-state index contributed by atoms with van der Waals surface area (Å²) in [5, 5.41) is 0.591. The zero-order chi connectivity index (χ0) is 18.6. The lowest BCUT2D eigenvalue weighted by atomic mass is 10.1. The summed E-state index contributed by atoms with van der Waals surface area (Å²) in [5.74, 6) is -0.424. The molecule has 1 aromatic rings. The van der Waals surface area contributed by atoms with E-state index < -0.39 is 21.7 Å². The number of benzene rings is 1. The minimum absolute atomic E-state index is 0.0204. The minimum Gasteiger partial charge on any atom is -0.483 e. The molecular formula is C16H21ClN2O5S. The van der Waals surface area contributed by atoms with Crippen molar-refractivity contribution >= 4 is 33.3 Å². The summed E-state index contributed by atoms with van der Waals surface area (Å²) in [6.07, 6.45) is 0.539. The lowest BCUT2D eigenvalue weighted by molar-refractivity contribution is -0.130. The molecule has 7 nitrogen and oxygen atoms in total. The zero-order valence-corrected chi connectivity index (χ0v) is 15.7. The Morgan fingerprint density at radius 1 is 1.20 bits per heavy atom. The Balaban J connectivity index is 1.75. The first-order valence-corrected chi connectivity index (χ1v) is 10.0. The van der Waals surface area contributed by atoms with Crippen LogP contribution < -0.4 is 15.6 Å². The number of ether oxygens (including phenoxy) is 1. The van der Waals surface area contributed by atoms with Gasteiger partial charge in [-0.2, -0.15) is 0 Å². The molecule has 1 saturated heterocycles. The van der Waals surface area contributed by atoms with Crippen molar-refractivity contribution in [3.8, 4) is 5.75 Å². The van der Waals surface area contributed by atoms with Crippen LogP contribution in [0.5, 0.6) is 5.75 Å². The Labute approximate surface area is 152 Å². The highest BCUT2D eigenvalue weighted by atomic mass is 35.5. The quantitative estimate of drug-likeness (QED) is 0.740. The second kappa shape index (κ2) is 8.05. The first-order valence-electron chi connectivity index (χ1n) is 7.84. The molecule has 1 fully saturated rings. The zero-order valence-electron chi connectivity index (χ0n) is 14.1. The highest BCUT2D eigenvalue weighted by Gasteiger charge is 2.29. The van der Waals surface area contributed by atoms with Crippen molar-refractivity contribution in [1.29, 1.82) is 0 Å². The van der Waals surface area contributed by atoms with Crippen LogP contribution in [0.4, 0.5) is 0 Å². The summed E-state index contributed by atoms with van der Waals surface area (Å²) >= 11 is 5.94. The summed E-state index contributed by atoms with van der Waals surface area (Å²) in [7, 11) is -3.02. The molecule has 0 bridgehead atoms. The second-order valence-corrected chi connectivity index (χ2v) is 8.89. The van der Waals surface area contributed by atoms with Gasteiger partial charge >= 0.3 is 0 Å². The van der Waals surface area contributed by atoms with Gasteiger partial charge in [-0.15, -0.1) is 0 Å². The highest BCUT2D eigenvalue weighted by molar-refractivity contribution is 7.91. The van der Waals surface area contributed by atoms with E-state index in [4.69, 9.17) is 16.3 Å². The minimum atomic E-state index is -3.02. The van der Waals surface area contributed by atoms with E-state index in [0.717, 1.165) is 11.1 Å². The van der Waals surface area contributed by atoms with Gasteiger partial charge in [-0.1, -0.05) is 11.6 Å². The fourth-order valence-electron chi connectivity index (χ4n) is 2.78. The molecule has 1 aliphatic heterocycles. The molecule has 138 valence electrons. The first kappa shape index (κ1) is 19.5. The number of halogens is 1. The third kappa shape index (κ3) is 5.89. The first-order chi connectivity index (χ1) is 11.7. The molecule has 1 atom stereocenters. The number of aryl methyl sites for hydroxylation is 2. The van der Waals surface area contributed by atoms with Gasteiger partial charge in [0.15, 0.2) is 16.4 Å². The summed E-state index contributed by atoms with van der Waals surface area (Å²) in [6, 6.07) is 3.47. The lowest BCUT2D eigenvalue weighted by Crippen LogP contribution is -2.44. The normalized spacial score (nSPS) is 18.6. The Hall–Kier alpha value is -1.80. The standard InChI is InChI=1S/C16H21ClN2O5S/c1-10-5-13(17)6-11(2)16(10)24-8-15(21)19-18-14(20)7-12-3-4-25(22,23)9-12/h5-6,12H,3-4,7-9H2,1-2H3,(H,18,20)(H,19,21)/t12-/m1/s1. The Morgan fingerprint density at radius 3 is 2.36 bits per heavy atom. The molecule has 0 aliphatic carbocycles. The van der Waals surface area contributed by atoms with Crippen LogP contribution in [0.3, 0.4) is 0 Å². The number of sulfone groups is 1. The molecule has 25 heavy (non-hydrogen) atoms. The molecule has 2 rings (SSSR count). The van der Waals surface area contributed by atoms with Crippen molar-refractivity contribution in [3.05, 3.63) is 28.3 Å². The Bertz CT molecular complexity index is 756. The van der Waals surface area contributed by atoms with E-state index in [1.807, 2.05) is 13.8 Å². The van der Waals surface area contributed by atoms with Gasteiger partial charge in [-0.05, 0) is 49.4 Å². The molecule has 9 heteroatoms. The molecule has 1 heterocycles. The van der Waals surface area contributed by atoms with Crippen LogP contribution >= 0.6 is 11.6 Å². The van der Waals surface area contributed by atoms with E-state index in [1.54, 1.807) is 12.1 Å². The van der Waals surface area contributed by atoms with Crippen LogP contribution in [0.1, 0.15) is 24.0 Å². The van der Waals surface area contributed by atoms with Gasteiger partial charge in [0.2, 0.25) is 5.91 Å². The third-order valence-electron chi connectivity index (χ3n) is 3.91. The van der Waals surface area contributed by atoms with Crippen molar-refractivity contribution in [2.45, 2.75) is 26.7 Å². The van der Waals surface area contributed by atoms with Crippen molar-refractivity contribution in [3.63, 3.8) is 0 Å². The molecule has 1 aromatic carbocycles. The average Bonchev–Trinajstić information content (AvgIpc) is 2.82. The van der Waals surface area contributed by atoms with Gasteiger partial charge in [0, 0.05) is 11.4 Å². The van der Waals surface area contributed by atoms with Crippen molar-refractivity contribution in [2.24, 2.45) is 5.92 Å². The number of hydrogen-bond acceptors (Lipinski definition) is 5. The smallest absolute Gasteiger partial charge is 0.276 e. The molecule has 2 N–H and O–H groups in total. The maximum atomic E-state index is 11.8. The number of rotatable bonds is 5. The third-order valence-corrected chi connectivity index (χ3v) is 5.97. The van der Waals surface area contributed by atoms with Crippen LogP contribution in [0, 0.1) is 19.8 Å². The lowest BCUT2D eigenvalue weighted by Gasteiger charge is -2.13. The molecular weight excluding hydrogens is 368 g/mol. The largest absolute Gasteiger partial charge is 0.483 e. The van der Waals surface area contributed by atoms with Gasteiger partial charge in [0.1, 0.15) is 5.75 Å². The van der Waals surface area contributed by atoms with Crippen molar-refractivity contribution < 1.29 is 22.7 Å². The van der Waals surface area contributed by atoms with E-state index in [2.05, 4.69) is 10.9 Å². The second-order valence-electron chi connectivity index (χ2n) is 6.23. The fourth-order valence-corrected chi connectivity index (χ4v) is 4.97. The Morgan fingerprint density at radius 2 is 1.80 bits per heavy atom. The molecule has 1 aliphatic rings. The van der Waals surface area contributed by atoms with E-state index in [0.29, 0.717) is 17.2 Å². The Kier molecular flexibility index (Phi) is 6.29. The van der Waals surface area contributed by atoms with E-state index in [-0.39, 0.29) is 30.5 Å². The van der Waals surface area contributed by atoms with Gasteiger partial charge < -0.3 is 4.74 Å². The summed E-state index contributed by atoms with van der Waals surface area (Å²) < 4.78 is 28.2. The van der Waals surface area contributed by atoms with Gasteiger partial charge in [-0.25, -0.2) is 8.42 Å². The van der Waals surface area contributed by atoms with E-state index in [9.17, 15) is 18.0 Å².